The summed E-state index contributed by atoms with van der Waals surface area (Å²) in [6.45, 7) is 0.390. The lowest BCUT2D eigenvalue weighted by Crippen LogP contribution is -2.37. The lowest BCUT2D eigenvalue weighted by Gasteiger charge is -2.19. The van der Waals surface area contributed by atoms with Crippen molar-refractivity contribution >= 4 is 29.1 Å². The van der Waals surface area contributed by atoms with Crippen LogP contribution in [0.2, 0.25) is 5.02 Å². The average Bonchev–Trinajstić information content (AvgIpc) is 3.01. The maximum Gasteiger partial charge on any atom is 0.251 e. The van der Waals surface area contributed by atoms with Gasteiger partial charge in [0, 0.05) is 35.3 Å². The van der Waals surface area contributed by atoms with E-state index >= 15 is 0 Å². The van der Waals surface area contributed by atoms with Gasteiger partial charge in [0.2, 0.25) is 5.91 Å². The van der Waals surface area contributed by atoms with Gasteiger partial charge in [0.25, 0.3) is 5.91 Å². The van der Waals surface area contributed by atoms with E-state index in [0.717, 1.165) is 0 Å². The quantitative estimate of drug-likeness (QED) is 0.873. The number of nitrogens with one attached hydrogen (secondary N) is 1. The monoisotopic (exact) mass is 374 g/mol. The standard InChI is InChI=1S/C19H19ClN2O4/c1-25-16-7-6-15(10-17(16)26-2)22-11-14(9-18(22)23)21-19(24)12-4-3-5-13(20)8-12/h3-8,10,14H,9,11H2,1-2H3,(H,21,24). The molecule has 1 fully saturated rings. The van der Waals surface area contributed by atoms with E-state index in [2.05, 4.69) is 5.32 Å². The summed E-state index contributed by atoms with van der Waals surface area (Å²) in [5.74, 6) is 0.825. The van der Waals surface area contributed by atoms with Crippen LogP contribution in [0.15, 0.2) is 42.5 Å². The molecule has 26 heavy (non-hydrogen) atoms. The van der Waals surface area contributed by atoms with Gasteiger partial charge in [0.1, 0.15) is 0 Å². The van der Waals surface area contributed by atoms with Crippen LogP contribution in [-0.4, -0.2) is 38.6 Å². The Labute approximate surface area is 156 Å². The number of amides is 2. The molecule has 1 saturated heterocycles. The summed E-state index contributed by atoms with van der Waals surface area (Å²) < 4.78 is 10.5. The molecular formula is C19H19ClN2O4. The molecule has 2 aromatic carbocycles. The number of ether oxygens (including phenoxy) is 2. The largest absolute Gasteiger partial charge is 0.493 e. The maximum absolute atomic E-state index is 12.4. The van der Waals surface area contributed by atoms with E-state index in [4.69, 9.17) is 21.1 Å². The summed E-state index contributed by atoms with van der Waals surface area (Å²) in [6.07, 6.45) is 0.237. The minimum Gasteiger partial charge on any atom is -0.493 e. The van der Waals surface area contributed by atoms with Crippen LogP contribution in [0.25, 0.3) is 0 Å². The molecule has 1 aliphatic heterocycles. The lowest BCUT2D eigenvalue weighted by molar-refractivity contribution is -0.117. The maximum atomic E-state index is 12.4. The molecule has 2 aromatic rings. The van der Waals surface area contributed by atoms with Crippen LogP contribution >= 0.6 is 11.6 Å². The molecule has 0 spiro atoms. The Bertz CT molecular complexity index is 840. The highest BCUT2D eigenvalue weighted by atomic mass is 35.5. The Morgan fingerprint density at radius 3 is 2.62 bits per heavy atom. The number of nitrogens with zero attached hydrogens (tertiary/aromatic N) is 1. The third-order valence-electron chi connectivity index (χ3n) is 4.23. The lowest BCUT2D eigenvalue weighted by atomic mass is 10.2. The second-order valence-corrected chi connectivity index (χ2v) is 6.36. The van der Waals surface area contributed by atoms with Gasteiger partial charge >= 0.3 is 0 Å². The van der Waals surface area contributed by atoms with E-state index in [0.29, 0.717) is 34.3 Å². The highest BCUT2D eigenvalue weighted by Crippen LogP contribution is 2.33. The minimum atomic E-state index is -0.276. The van der Waals surface area contributed by atoms with Crippen molar-refractivity contribution in [1.29, 1.82) is 0 Å². The number of anilines is 1. The summed E-state index contributed by atoms with van der Waals surface area (Å²) in [5, 5.41) is 3.38. The van der Waals surface area contributed by atoms with Gasteiger partial charge in [-0.3, -0.25) is 9.59 Å². The number of hydrogen-bond donors (Lipinski definition) is 1. The Hall–Kier alpha value is -2.73. The number of benzene rings is 2. The molecule has 1 heterocycles. The fourth-order valence-electron chi connectivity index (χ4n) is 2.95. The first-order valence-electron chi connectivity index (χ1n) is 8.10. The Morgan fingerprint density at radius 1 is 1.15 bits per heavy atom. The predicted octanol–water partition coefficient (Wildman–Crippen LogP) is 2.89. The first kappa shape index (κ1) is 18.1. The van der Waals surface area contributed by atoms with Gasteiger partial charge in [0.15, 0.2) is 11.5 Å². The molecule has 0 saturated carbocycles. The molecule has 1 atom stereocenters. The predicted molar refractivity (Wildman–Crippen MR) is 99.2 cm³/mol. The molecule has 7 heteroatoms. The molecule has 0 aromatic heterocycles. The smallest absolute Gasteiger partial charge is 0.251 e. The first-order chi connectivity index (χ1) is 12.5. The fourth-order valence-corrected chi connectivity index (χ4v) is 3.14. The molecule has 0 bridgehead atoms. The van der Waals surface area contributed by atoms with Crippen molar-refractivity contribution < 1.29 is 19.1 Å². The van der Waals surface area contributed by atoms with Crippen LogP contribution in [0.4, 0.5) is 5.69 Å². The normalized spacial score (nSPS) is 16.5. The van der Waals surface area contributed by atoms with Gasteiger partial charge in [-0.2, -0.15) is 0 Å². The number of methoxy groups -OCH3 is 2. The van der Waals surface area contributed by atoms with E-state index in [1.54, 1.807) is 61.6 Å². The first-order valence-corrected chi connectivity index (χ1v) is 8.48. The van der Waals surface area contributed by atoms with Crippen molar-refractivity contribution in [2.24, 2.45) is 0 Å². The second kappa shape index (κ2) is 7.66. The fraction of sp³-hybridized carbons (Fsp3) is 0.263. The molecule has 2 amide bonds. The van der Waals surface area contributed by atoms with Crippen molar-refractivity contribution in [3.63, 3.8) is 0 Å². The van der Waals surface area contributed by atoms with Crippen LogP contribution in [0.3, 0.4) is 0 Å². The third-order valence-corrected chi connectivity index (χ3v) is 4.46. The summed E-state index contributed by atoms with van der Waals surface area (Å²) in [6, 6.07) is 11.7. The van der Waals surface area contributed by atoms with Crippen molar-refractivity contribution in [2.45, 2.75) is 12.5 Å². The van der Waals surface area contributed by atoms with Crippen LogP contribution in [0, 0.1) is 0 Å². The van der Waals surface area contributed by atoms with Gasteiger partial charge in [-0.25, -0.2) is 0 Å². The topological polar surface area (TPSA) is 67.9 Å². The molecule has 1 N–H and O–H groups in total. The van der Waals surface area contributed by atoms with E-state index in [1.807, 2.05) is 0 Å². The Balaban J connectivity index is 1.72. The van der Waals surface area contributed by atoms with Crippen LogP contribution in [0.1, 0.15) is 16.8 Å². The van der Waals surface area contributed by atoms with Gasteiger partial charge in [-0.15, -0.1) is 0 Å². The van der Waals surface area contributed by atoms with Gasteiger partial charge in [-0.1, -0.05) is 17.7 Å². The molecule has 3 rings (SSSR count). The zero-order valence-electron chi connectivity index (χ0n) is 14.5. The van der Waals surface area contributed by atoms with Gasteiger partial charge < -0.3 is 19.7 Å². The third kappa shape index (κ3) is 3.75. The Morgan fingerprint density at radius 2 is 1.92 bits per heavy atom. The van der Waals surface area contributed by atoms with Crippen LogP contribution in [0.5, 0.6) is 11.5 Å². The molecule has 1 aliphatic rings. The zero-order chi connectivity index (χ0) is 18.7. The highest BCUT2D eigenvalue weighted by molar-refractivity contribution is 6.30. The summed E-state index contributed by atoms with van der Waals surface area (Å²) >= 11 is 5.92. The highest BCUT2D eigenvalue weighted by Gasteiger charge is 2.32. The molecule has 0 aliphatic carbocycles. The molecule has 0 radical (unpaired) electrons. The van der Waals surface area contributed by atoms with Crippen molar-refractivity contribution in [3.05, 3.63) is 53.1 Å². The second-order valence-electron chi connectivity index (χ2n) is 5.93. The van der Waals surface area contributed by atoms with Crippen LogP contribution < -0.4 is 19.7 Å². The summed E-state index contributed by atoms with van der Waals surface area (Å²) in [5.41, 5.74) is 1.17. The van der Waals surface area contributed by atoms with Crippen molar-refractivity contribution in [3.8, 4) is 11.5 Å². The molecule has 136 valence electrons. The molecule has 1 unspecified atom stereocenters. The van der Waals surface area contributed by atoms with E-state index < -0.39 is 0 Å². The molecular weight excluding hydrogens is 356 g/mol. The molecule has 6 nitrogen and oxygen atoms in total. The van der Waals surface area contributed by atoms with Gasteiger partial charge in [-0.05, 0) is 30.3 Å². The van der Waals surface area contributed by atoms with E-state index in [-0.39, 0.29) is 24.3 Å². The average molecular weight is 375 g/mol. The van der Waals surface area contributed by atoms with E-state index in [9.17, 15) is 9.59 Å². The van der Waals surface area contributed by atoms with Crippen LogP contribution in [-0.2, 0) is 4.79 Å². The number of rotatable bonds is 5. The zero-order valence-corrected chi connectivity index (χ0v) is 15.2. The van der Waals surface area contributed by atoms with Gasteiger partial charge in [0.05, 0.1) is 20.3 Å². The Kier molecular flexibility index (Phi) is 5.32. The van der Waals surface area contributed by atoms with Crippen molar-refractivity contribution in [2.75, 3.05) is 25.7 Å². The minimum absolute atomic E-state index is 0.0615. The summed E-state index contributed by atoms with van der Waals surface area (Å²) in [4.78, 5) is 26.4. The summed E-state index contributed by atoms with van der Waals surface area (Å²) in [7, 11) is 3.10. The SMILES string of the molecule is COc1ccc(N2CC(NC(=O)c3cccc(Cl)c3)CC2=O)cc1OC. The number of halogens is 1. The number of carbonyl (C=O) groups is 2. The van der Waals surface area contributed by atoms with Crippen molar-refractivity contribution in [1.82, 2.24) is 5.32 Å². The number of carbonyl (C=O) groups excluding carboxylic acids is 2. The number of hydrogen-bond acceptors (Lipinski definition) is 4. The van der Waals surface area contributed by atoms with E-state index in [1.165, 1.54) is 0 Å².